The van der Waals surface area contributed by atoms with Crippen LogP contribution in [-0.4, -0.2) is 33.5 Å². The number of hydrogen-bond donors (Lipinski definition) is 3. The minimum atomic E-state index is -0.899. The number of carboxylic acid groups (broad SMARTS) is 1. The first-order chi connectivity index (χ1) is 11.6. The summed E-state index contributed by atoms with van der Waals surface area (Å²) in [7, 11) is 0. The molecule has 0 bridgehead atoms. The van der Waals surface area contributed by atoms with Crippen LogP contribution in [0.3, 0.4) is 0 Å². The number of carbonyl (C=O) groups is 1. The molecular formula is C20H32O4. The highest BCUT2D eigenvalue weighted by Gasteiger charge is 2.07. The Bertz CT molecular complexity index is 421. The molecule has 0 amide bonds. The van der Waals surface area contributed by atoms with Crippen LogP contribution in [0.15, 0.2) is 48.6 Å². The molecule has 0 radical (unpaired) electrons. The van der Waals surface area contributed by atoms with E-state index in [4.69, 9.17) is 5.11 Å². The van der Waals surface area contributed by atoms with Crippen molar-refractivity contribution < 1.29 is 20.1 Å². The Morgan fingerprint density at radius 2 is 1.58 bits per heavy atom. The number of carboxylic acids is 1. The van der Waals surface area contributed by atoms with Gasteiger partial charge in [0.05, 0.1) is 0 Å². The average molecular weight is 336 g/mol. The van der Waals surface area contributed by atoms with Crippen molar-refractivity contribution in [2.45, 2.75) is 70.5 Å². The lowest BCUT2D eigenvalue weighted by molar-refractivity contribution is -0.137. The fourth-order valence-corrected chi connectivity index (χ4v) is 1.97. The van der Waals surface area contributed by atoms with Crippen molar-refractivity contribution >= 4 is 5.97 Å². The minimum absolute atomic E-state index is 0.205. The predicted molar refractivity (Wildman–Crippen MR) is 98.8 cm³/mol. The van der Waals surface area contributed by atoms with E-state index in [1.54, 1.807) is 18.2 Å². The second-order valence-corrected chi connectivity index (χ2v) is 5.71. The third-order valence-corrected chi connectivity index (χ3v) is 3.41. The summed E-state index contributed by atoms with van der Waals surface area (Å²) in [5.41, 5.74) is 0. The van der Waals surface area contributed by atoms with Crippen LogP contribution in [0.2, 0.25) is 0 Å². The molecule has 0 rings (SSSR count). The highest BCUT2D eigenvalue weighted by atomic mass is 16.4. The van der Waals surface area contributed by atoms with E-state index in [0.29, 0.717) is 6.42 Å². The van der Waals surface area contributed by atoms with Crippen LogP contribution < -0.4 is 0 Å². The van der Waals surface area contributed by atoms with E-state index in [-0.39, 0.29) is 6.42 Å². The average Bonchev–Trinajstić information content (AvgIpc) is 2.55. The maximum absolute atomic E-state index is 10.3. The Morgan fingerprint density at radius 3 is 2.29 bits per heavy atom. The van der Waals surface area contributed by atoms with Crippen LogP contribution >= 0.6 is 0 Å². The van der Waals surface area contributed by atoms with Crippen molar-refractivity contribution in [2.75, 3.05) is 0 Å². The van der Waals surface area contributed by atoms with Crippen molar-refractivity contribution in [2.24, 2.45) is 0 Å². The molecule has 0 aromatic carbocycles. The first-order valence-corrected chi connectivity index (χ1v) is 8.80. The summed E-state index contributed by atoms with van der Waals surface area (Å²) >= 11 is 0. The lowest BCUT2D eigenvalue weighted by atomic mass is 10.1. The van der Waals surface area contributed by atoms with Gasteiger partial charge in [0.15, 0.2) is 0 Å². The molecule has 4 heteroatoms. The van der Waals surface area contributed by atoms with Crippen LogP contribution in [0.5, 0.6) is 0 Å². The number of unbranched alkanes of at least 4 members (excludes halogenated alkanes) is 4. The van der Waals surface area contributed by atoms with E-state index in [1.165, 1.54) is 12.8 Å². The van der Waals surface area contributed by atoms with E-state index < -0.39 is 18.2 Å². The number of hydrogen-bond acceptors (Lipinski definition) is 3. The predicted octanol–water partition coefficient (Wildman–Crippen LogP) is 4.16. The standard InChI is InChI=1S/C20H32O4/c1-2-3-4-9-12-15-18(21)19(22)16-13-10-7-5-6-8-11-14-17-20(23)24/h6-8,10,12-13,15-16,18-19,21-22H,2-5,9,11,14,17H2,1H3,(H,23,24)/b8-6-,10-7-,15-12-,16-13+/t18-,19-/m1/s1. The van der Waals surface area contributed by atoms with Gasteiger partial charge < -0.3 is 15.3 Å². The second-order valence-electron chi connectivity index (χ2n) is 5.71. The number of aliphatic carboxylic acids is 1. The largest absolute Gasteiger partial charge is 0.481 e. The van der Waals surface area contributed by atoms with E-state index in [0.717, 1.165) is 25.7 Å². The van der Waals surface area contributed by atoms with Gasteiger partial charge in [-0.2, -0.15) is 0 Å². The van der Waals surface area contributed by atoms with Gasteiger partial charge in [-0.1, -0.05) is 68.4 Å². The zero-order valence-corrected chi connectivity index (χ0v) is 14.7. The topological polar surface area (TPSA) is 77.8 Å². The Hall–Kier alpha value is -1.65. The molecule has 0 saturated heterocycles. The molecule has 2 atom stereocenters. The van der Waals surface area contributed by atoms with Crippen LogP contribution in [0, 0.1) is 0 Å². The zero-order valence-electron chi connectivity index (χ0n) is 14.7. The molecule has 0 fully saturated rings. The van der Waals surface area contributed by atoms with Crippen molar-refractivity contribution in [3.8, 4) is 0 Å². The third kappa shape index (κ3) is 15.3. The number of rotatable bonds is 14. The maximum Gasteiger partial charge on any atom is 0.303 e. The molecule has 0 aromatic rings. The smallest absolute Gasteiger partial charge is 0.303 e. The molecule has 0 saturated carbocycles. The molecular weight excluding hydrogens is 304 g/mol. The van der Waals surface area contributed by atoms with Gasteiger partial charge in [-0.3, -0.25) is 4.79 Å². The summed E-state index contributed by atoms with van der Waals surface area (Å²) < 4.78 is 0. The summed E-state index contributed by atoms with van der Waals surface area (Å²) in [5.74, 6) is -0.759. The van der Waals surface area contributed by atoms with Crippen molar-refractivity contribution in [3.63, 3.8) is 0 Å². The first kappa shape index (κ1) is 22.4. The SMILES string of the molecule is CCCCC/C=C\[C@@H](O)[C@H](O)/C=C/C=C\C/C=C\CCCC(=O)O. The first-order valence-electron chi connectivity index (χ1n) is 8.80. The summed E-state index contributed by atoms with van der Waals surface area (Å²) in [6, 6.07) is 0. The van der Waals surface area contributed by atoms with E-state index >= 15 is 0 Å². The van der Waals surface area contributed by atoms with Crippen LogP contribution in [0.1, 0.15) is 58.3 Å². The van der Waals surface area contributed by atoms with Gasteiger partial charge in [-0.15, -0.1) is 0 Å². The van der Waals surface area contributed by atoms with Crippen LogP contribution in [0.25, 0.3) is 0 Å². The maximum atomic E-state index is 10.3. The van der Waals surface area contributed by atoms with Crippen LogP contribution in [-0.2, 0) is 4.79 Å². The molecule has 136 valence electrons. The summed E-state index contributed by atoms with van der Waals surface area (Å²) in [4.78, 5) is 10.3. The lowest BCUT2D eigenvalue weighted by Gasteiger charge is -2.09. The monoisotopic (exact) mass is 336 g/mol. The van der Waals surface area contributed by atoms with Crippen LogP contribution in [0.4, 0.5) is 0 Å². The molecule has 0 unspecified atom stereocenters. The summed E-state index contributed by atoms with van der Waals surface area (Å²) in [5, 5.41) is 28.0. The Labute approximate surface area is 145 Å². The van der Waals surface area contributed by atoms with Crippen molar-refractivity contribution in [1.29, 1.82) is 0 Å². The molecule has 3 N–H and O–H groups in total. The number of aliphatic hydroxyl groups is 2. The van der Waals surface area contributed by atoms with Gasteiger partial charge in [-0.05, 0) is 32.1 Å². The summed E-state index contributed by atoms with van der Waals surface area (Å²) in [6.07, 6.45) is 19.6. The molecule has 0 aliphatic rings. The Kier molecular flexibility index (Phi) is 15.1. The fourth-order valence-electron chi connectivity index (χ4n) is 1.97. The molecule has 4 nitrogen and oxygen atoms in total. The summed E-state index contributed by atoms with van der Waals surface area (Å²) in [6.45, 7) is 2.15. The molecule has 0 spiro atoms. The minimum Gasteiger partial charge on any atom is -0.481 e. The normalized spacial score (nSPS) is 15.1. The van der Waals surface area contributed by atoms with Crippen molar-refractivity contribution in [3.05, 3.63) is 48.6 Å². The van der Waals surface area contributed by atoms with Crippen molar-refractivity contribution in [1.82, 2.24) is 0 Å². The Morgan fingerprint density at radius 1 is 0.875 bits per heavy atom. The second kappa shape index (κ2) is 16.2. The van der Waals surface area contributed by atoms with Gasteiger partial charge in [0.2, 0.25) is 0 Å². The van der Waals surface area contributed by atoms with E-state index in [9.17, 15) is 15.0 Å². The molecule has 0 aliphatic heterocycles. The quantitative estimate of drug-likeness (QED) is 0.253. The van der Waals surface area contributed by atoms with Gasteiger partial charge in [0.1, 0.15) is 12.2 Å². The zero-order chi connectivity index (χ0) is 18.0. The van der Waals surface area contributed by atoms with Gasteiger partial charge in [0, 0.05) is 6.42 Å². The Balaban J connectivity index is 3.82. The third-order valence-electron chi connectivity index (χ3n) is 3.41. The molecule has 0 aromatic heterocycles. The lowest BCUT2D eigenvalue weighted by Crippen LogP contribution is -2.20. The number of aliphatic hydroxyl groups excluding tert-OH is 2. The highest BCUT2D eigenvalue weighted by Crippen LogP contribution is 2.03. The number of allylic oxidation sites excluding steroid dienone is 6. The van der Waals surface area contributed by atoms with Gasteiger partial charge in [-0.25, -0.2) is 0 Å². The van der Waals surface area contributed by atoms with Gasteiger partial charge in [0.25, 0.3) is 0 Å². The molecule has 0 aliphatic carbocycles. The van der Waals surface area contributed by atoms with E-state index in [2.05, 4.69) is 6.92 Å². The highest BCUT2D eigenvalue weighted by molar-refractivity contribution is 5.66. The fraction of sp³-hybridized carbons (Fsp3) is 0.550. The van der Waals surface area contributed by atoms with Gasteiger partial charge >= 0.3 is 5.97 Å². The molecule has 24 heavy (non-hydrogen) atoms. The molecule has 0 heterocycles. The van der Waals surface area contributed by atoms with E-state index in [1.807, 2.05) is 30.4 Å².